The molecule has 27 heavy (non-hydrogen) atoms. The Morgan fingerprint density at radius 2 is 1.78 bits per heavy atom. The quantitative estimate of drug-likeness (QED) is 0.815. The third-order valence-corrected chi connectivity index (χ3v) is 5.04. The van der Waals surface area contributed by atoms with Gasteiger partial charge in [0.1, 0.15) is 11.6 Å². The number of benzene rings is 2. The topological polar surface area (TPSA) is 46.0 Å². The summed E-state index contributed by atoms with van der Waals surface area (Å²) in [4.78, 5) is 16.1. The Kier molecular flexibility index (Phi) is 6.29. The predicted molar refractivity (Wildman–Crippen MR) is 105 cm³/mol. The van der Waals surface area contributed by atoms with E-state index >= 15 is 0 Å². The number of piperazine rings is 1. The molecule has 1 heterocycles. The van der Waals surface area contributed by atoms with E-state index in [0.29, 0.717) is 6.61 Å². The maximum absolute atomic E-state index is 13.1. The average molecular weight is 372 g/mol. The molecule has 2 N–H and O–H groups in total. The van der Waals surface area contributed by atoms with Gasteiger partial charge in [-0.05, 0) is 62.4 Å². The molecule has 1 fully saturated rings. The second-order valence-corrected chi connectivity index (χ2v) is 6.79. The van der Waals surface area contributed by atoms with Crippen LogP contribution in [0.25, 0.3) is 0 Å². The molecule has 0 bridgehead atoms. The molecular weight excluding hydrogens is 345 g/mol. The van der Waals surface area contributed by atoms with E-state index in [1.165, 1.54) is 17.0 Å². The first kappa shape index (κ1) is 19.2. The molecule has 1 atom stereocenters. The minimum atomic E-state index is -0.220. The van der Waals surface area contributed by atoms with Crippen LogP contribution in [0.15, 0.2) is 48.5 Å². The first-order valence-electron chi connectivity index (χ1n) is 9.45. The molecule has 0 radical (unpaired) electrons. The molecule has 1 saturated heterocycles. The standard InChI is InChI=1S/C21H26FN3O2/c1-3-27-20-10-6-18(7-11-20)23-21(26)16(2)24-12-14-25(15-13-24)19-8-4-17(22)5-9-19/h4-11,16H,3,12-15H2,1-2H3,(H,23,26)/p+1/t16-/m1/s1. The van der Waals surface area contributed by atoms with Crippen LogP contribution in [-0.4, -0.2) is 44.7 Å². The third kappa shape index (κ3) is 4.98. The van der Waals surface area contributed by atoms with Crippen molar-refractivity contribution in [2.24, 2.45) is 0 Å². The van der Waals surface area contributed by atoms with Crippen LogP contribution in [0, 0.1) is 5.82 Å². The second-order valence-electron chi connectivity index (χ2n) is 6.79. The fourth-order valence-corrected chi connectivity index (χ4v) is 3.37. The van der Waals surface area contributed by atoms with Crippen molar-refractivity contribution < 1.29 is 18.8 Å². The van der Waals surface area contributed by atoms with Crippen LogP contribution in [0.3, 0.4) is 0 Å². The molecule has 3 rings (SSSR count). The highest BCUT2D eigenvalue weighted by Crippen LogP contribution is 2.16. The van der Waals surface area contributed by atoms with Gasteiger partial charge in [0.2, 0.25) is 0 Å². The van der Waals surface area contributed by atoms with Gasteiger partial charge in [0.25, 0.3) is 5.91 Å². The van der Waals surface area contributed by atoms with Crippen molar-refractivity contribution in [3.8, 4) is 5.75 Å². The maximum atomic E-state index is 13.1. The summed E-state index contributed by atoms with van der Waals surface area (Å²) in [5.74, 6) is 0.595. The molecule has 144 valence electrons. The van der Waals surface area contributed by atoms with E-state index in [9.17, 15) is 9.18 Å². The number of carbonyl (C=O) groups excluding carboxylic acids is 1. The SMILES string of the molecule is CCOc1ccc(NC(=O)[C@@H](C)[NH+]2CCN(c3ccc(F)cc3)CC2)cc1. The number of hydrogen-bond acceptors (Lipinski definition) is 3. The summed E-state index contributed by atoms with van der Waals surface area (Å²) in [6.07, 6.45) is 0. The van der Waals surface area contributed by atoms with Crippen LogP contribution in [0.4, 0.5) is 15.8 Å². The van der Waals surface area contributed by atoms with Gasteiger partial charge in [-0.1, -0.05) is 0 Å². The number of hydrogen-bond donors (Lipinski definition) is 2. The van der Waals surface area contributed by atoms with Crippen molar-refractivity contribution in [3.05, 3.63) is 54.3 Å². The molecule has 0 unspecified atom stereocenters. The monoisotopic (exact) mass is 372 g/mol. The smallest absolute Gasteiger partial charge is 0.282 e. The van der Waals surface area contributed by atoms with E-state index in [1.807, 2.05) is 50.2 Å². The minimum Gasteiger partial charge on any atom is -0.494 e. The largest absolute Gasteiger partial charge is 0.494 e. The summed E-state index contributed by atoms with van der Waals surface area (Å²) in [5.41, 5.74) is 1.81. The minimum absolute atomic E-state index is 0.0180. The fraction of sp³-hybridized carbons (Fsp3) is 0.381. The van der Waals surface area contributed by atoms with Gasteiger partial charge in [0.15, 0.2) is 6.04 Å². The van der Waals surface area contributed by atoms with E-state index < -0.39 is 0 Å². The Balaban J connectivity index is 1.51. The highest BCUT2D eigenvalue weighted by atomic mass is 19.1. The zero-order valence-corrected chi connectivity index (χ0v) is 15.9. The third-order valence-electron chi connectivity index (χ3n) is 5.04. The molecule has 2 aromatic rings. The summed E-state index contributed by atoms with van der Waals surface area (Å²) >= 11 is 0. The summed E-state index contributed by atoms with van der Waals surface area (Å²) in [5, 5.41) is 2.99. The Morgan fingerprint density at radius 1 is 1.15 bits per heavy atom. The molecule has 0 saturated carbocycles. The molecule has 1 aliphatic rings. The van der Waals surface area contributed by atoms with Crippen molar-refractivity contribution in [2.45, 2.75) is 19.9 Å². The Morgan fingerprint density at radius 3 is 2.37 bits per heavy atom. The molecule has 0 aromatic heterocycles. The molecule has 1 aliphatic heterocycles. The van der Waals surface area contributed by atoms with Gasteiger partial charge >= 0.3 is 0 Å². The summed E-state index contributed by atoms with van der Waals surface area (Å²) in [6, 6.07) is 13.9. The fourth-order valence-electron chi connectivity index (χ4n) is 3.37. The predicted octanol–water partition coefficient (Wildman–Crippen LogP) is 1.96. The Labute approximate surface area is 159 Å². The van der Waals surface area contributed by atoms with E-state index in [1.54, 1.807) is 0 Å². The summed E-state index contributed by atoms with van der Waals surface area (Å²) in [7, 11) is 0. The van der Waals surface area contributed by atoms with Gasteiger partial charge in [0.05, 0.1) is 32.8 Å². The lowest BCUT2D eigenvalue weighted by atomic mass is 10.2. The summed E-state index contributed by atoms with van der Waals surface area (Å²) < 4.78 is 18.5. The number of quaternary nitrogens is 1. The molecule has 2 aromatic carbocycles. The zero-order valence-electron chi connectivity index (χ0n) is 15.9. The van der Waals surface area contributed by atoms with E-state index in [0.717, 1.165) is 43.3 Å². The molecule has 6 heteroatoms. The van der Waals surface area contributed by atoms with E-state index in [4.69, 9.17) is 4.74 Å². The maximum Gasteiger partial charge on any atom is 0.282 e. The number of amides is 1. The van der Waals surface area contributed by atoms with Crippen molar-refractivity contribution in [1.29, 1.82) is 0 Å². The Bertz CT molecular complexity index is 741. The van der Waals surface area contributed by atoms with Crippen LogP contribution in [-0.2, 0) is 4.79 Å². The molecule has 0 spiro atoms. The van der Waals surface area contributed by atoms with Crippen LogP contribution in [0.5, 0.6) is 5.75 Å². The first-order valence-corrected chi connectivity index (χ1v) is 9.45. The van der Waals surface area contributed by atoms with Crippen molar-refractivity contribution in [2.75, 3.05) is 43.0 Å². The van der Waals surface area contributed by atoms with Crippen molar-refractivity contribution >= 4 is 17.3 Å². The van der Waals surface area contributed by atoms with Gasteiger partial charge < -0.3 is 19.9 Å². The number of carbonyl (C=O) groups is 1. The number of anilines is 2. The van der Waals surface area contributed by atoms with Crippen LogP contribution >= 0.6 is 0 Å². The zero-order chi connectivity index (χ0) is 19.2. The number of rotatable bonds is 6. The summed E-state index contributed by atoms with van der Waals surface area (Å²) in [6.45, 7) is 7.96. The highest BCUT2D eigenvalue weighted by Gasteiger charge is 2.29. The lowest BCUT2D eigenvalue weighted by Gasteiger charge is -2.36. The molecule has 0 aliphatic carbocycles. The second kappa shape index (κ2) is 8.86. The van der Waals surface area contributed by atoms with Gasteiger partial charge in [-0.25, -0.2) is 4.39 Å². The van der Waals surface area contributed by atoms with Gasteiger partial charge in [-0.3, -0.25) is 4.79 Å². The number of nitrogens with zero attached hydrogens (tertiary/aromatic N) is 1. The van der Waals surface area contributed by atoms with Gasteiger partial charge in [-0.2, -0.15) is 0 Å². The van der Waals surface area contributed by atoms with Gasteiger partial charge in [0, 0.05) is 11.4 Å². The molecular formula is C21H27FN3O2+. The van der Waals surface area contributed by atoms with E-state index in [-0.39, 0.29) is 17.8 Å². The lowest BCUT2D eigenvalue weighted by Crippen LogP contribution is -3.19. The molecule has 5 nitrogen and oxygen atoms in total. The van der Waals surface area contributed by atoms with Gasteiger partial charge in [-0.15, -0.1) is 0 Å². The average Bonchev–Trinajstić information content (AvgIpc) is 2.70. The number of ether oxygens (including phenoxy) is 1. The molecule has 1 amide bonds. The van der Waals surface area contributed by atoms with Crippen molar-refractivity contribution in [3.63, 3.8) is 0 Å². The van der Waals surface area contributed by atoms with Crippen LogP contribution in [0.1, 0.15) is 13.8 Å². The first-order chi connectivity index (χ1) is 13.1. The van der Waals surface area contributed by atoms with Crippen LogP contribution < -0.4 is 19.9 Å². The highest BCUT2D eigenvalue weighted by molar-refractivity contribution is 5.93. The number of halogens is 1. The number of nitrogens with one attached hydrogen (secondary N) is 2. The Hall–Kier alpha value is -2.60. The normalized spacial score (nSPS) is 16.0. The lowest BCUT2D eigenvalue weighted by molar-refractivity contribution is -0.914. The van der Waals surface area contributed by atoms with E-state index in [2.05, 4.69) is 10.2 Å². The van der Waals surface area contributed by atoms with Crippen LogP contribution in [0.2, 0.25) is 0 Å². The van der Waals surface area contributed by atoms with Crippen molar-refractivity contribution in [1.82, 2.24) is 0 Å².